The van der Waals surface area contributed by atoms with E-state index in [1.165, 1.54) is 0 Å². The molecule has 0 spiro atoms. The maximum absolute atomic E-state index is 6.07. The Kier molecular flexibility index (Phi) is 3.32. The van der Waals surface area contributed by atoms with Crippen LogP contribution in [0, 0.1) is 0 Å². The molecular formula is C13H13ClN2. The molecule has 0 saturated carbocycles. The summed E-state index contributed by atoms with van der Waals surface area (Å²) in [5.74, 6) is 0. The van der Waals surface area contributed by atoms with E-state index in [-0.39, 0.29) is 0 Å². The normalized spacial score (nSPS) is 9.88. The van der Waals surface area contributed by atoms with E-state index in [1.807, 2.05) is 55.6 Å². The largest absolute Gasteiger partial charge is 0.388 e. The summed E-state index contributed by atoms with van der Waals surface area (Å²) in [5.41, 5.74) is 2.99. The van der Waals surface area contributed by atoms with E-state index in [2.05, 4.69) is 10.6 Å². The minimum absolute atomic E-state index is 0.720. The number of hydrogen-bond donors (Lipinski definition) is 2. The Morgan fingerprint density at radius 3 is 2.44 bits per heavy atom. The molecule has 0 atom stereocenters. The molecule has 0 bridgehead atoms. The predicted molar refractivity (Wildman–Crippen MR) is 70.7 cm³/mol. The molecule has 0 saturated heterocycles. The zero-order chi connectivity index (χ0) is 11.4. The van der Waals surface area contributed by atoms with Gasteiger partial charge in [0.15, 0.2) is 0 Å². The fraction of sp³-hybridized carbons (Fsp3) is 0.0769. The fourth-order valence-corrected chi connectivity index (χ4v) is 1.65. The van der Waals surface area contributed by atoms with Crippen molar-refractivity contribution in [2.24, 2.45) is 0 Å². The summed E-state index contributed by atoms with van der Waals surface area (Å²) in [5, 5.41) is 7.09. The van der Waals surface area contributed by atoms with Crippen LogP contribution in [0.25, 0.3) is 0 Å². The van der Waals surface area contributed by atoms with Crippen LogP contribution in [-0.4, -0.2) is 7.05 Å². The molecule has 2 aromatic rings. The standard InChI is InChI=1S/C13H13ClN2/c1-15-10-5-4-6-11(9-10)16-13-8-3-2-7-12(13)14/h2-9,15-16H,1H3. The van der Waals surface area contributed by atoms with Crippen LogP contribution in [0.5, 0.6) is 0 Å². The molecule has 0 aliphatic heterocycles. The third kappa shape index (κ3) is 2.47. The van der Waals surface area contributed by atoms with Crippen LogP contribution in [-0.2, 0) is 0 Å². The zero-order valence-electron chi connectivity index (χ0n) is 9.00. The van der Waals surface area contributed by atoms with Gasteiger partial charge in [-0.25, -0.2) is 0 Å². The van der Waals surface area contributed by atoms with Crippen LogP contribution in [0.3, 0.4) is 0 Å². The Morgan fingerprint density at radius 1 is 0.938 bits per heavy atom. The van der Waals surface area contributed by atoms with Gasteiger partial charge in [-0.05, 0) is 30.3 Å². The molecule has 0 radical (unpaired) electrons. The first-order valence-electron chi connectivity index (χ1n) is 5.09. The van der Waals surface area contributed by atoms with Crippen molar-refractivity contribution in [3.8, 4) is 0 Å². The van der Waals surface area contributed by atoms with Gasteiger partial charge in [0.2, 0.25) is 0 Å². The summed E-state index contributed by atoms with van der Waals surface area (Å²) in [6.07, 6.45) is 0. The van der Waals surface area contributed by atoms with Gasteiger partial charge in [0.05, 0.1) is 10.7 Å². The molecule has 0 unspecified atom stereocenters. The lowest BCUT2D eigenvalue weighted by molar-refractivity contribution is 1.49. The number of para-hydroxylation sites is 1. The van der Waals surface area contributed by atoms with Crippen molar-refractivity contribution in [3.05, 3.63) is 53.6 Å². The van der Waals surface area contributed by atoms with Crippen molar-refractivity contribution in [2.75, 3.05) is 17.7 Å². The summed E-state index contributed by atoms with van der Waals surface area (Å²) in [7, 11) is 1.90. The molecule has 16 heavy (non-hydrogen) atoms. The maximum atomic E-state index is 6.07. The van der Waals surface area contributed by atoms with Crippen molar-refractivity contribution in [2.45, 2.75) is 0 Å². The third-order valence-electron chi connectivity index (χ3n) is 2.30. The number of anilines is 3. The van der Waals surface area contributed by atoms with Gasteiger partial charge in [-0.3, -0.25) is 0 Å². The lowest BCUT2D eigenvalue weighted by Crippen LogP contribution is -1.93. The summed E-state index contributed by atoms with van der Waals surface area (Å²) in [6, 6.07) is 15.7. The monoisotopic (exact) mass is 232 g/mol. The van der Waals surface area contributed by atoms with Crippen molar-refractivity contribution >= 4 is 28.7 Å². The molecule has 2 aromatic carbocycles. The molecular weight excluding hydrogens is 220 g/mol. The van der Waals surface area contributed by atoms with Crippen LogP contribution < -0.4 is 10.6 Å². The molecule has 2 rings (SSSR count). The molecule has 0 amide bonds. The van der Waals surface area contributed by atoms with E-state index in [0.29, 0.717) is 0 Å². The molecule has 82 valence electrons. The Morgan fingerprint density at radius 2 is 1.69 bits per heavy atom. The van der Waals surface area contributed by atoms with E-state index >= 15 is 0 Å². The second kappa shape index (κ2) is 4.90. The Hall–Kier alpha value is -1.67. The molecule has 0 aliphatic rings. The van der Waals surface area contributed by atoms with Crippen molar-refractivity contribution in [3.63, 3.8) is 0 Å². The van der Waals surface area contributed by atoms with E-state index in [4.69, 9.17) is 11.6 Å². The maximum Gasteiger partial charge on any atom is 0.0640 e. The van der Waals surface area contributed by atoms with Gasteiger partial charge in [0.1, 0.15) is 0 Å². The summed E-state index contributed by atoms with van der Waals surface area (Å²) >= 11 is 6.07. The lowest BCUT2D eigenvalue weighted by Gasteiger charge is -2.09. The van der Waals surface area contributed by atoms with Crippen LogP contribution in [0.4, 0.5) is 17.1 Å². The second-order valence-electron chi connectivity index (χ2n) is 3.44. The average molecular weight is 233 g/mol. The third-order valence-corrected chi connectivity index (χ3v) is 2.63. The molecule has 0 aromatic heterocycles. The molecule has 0 heterocycles. The van der Waals surface area contributed by atoms with Crippen molar-refractivity contribution < 1.29 is 0 Å². The number of rotatable bonds is 3. The molecule has 3 heteroatoms. The average Bonchev–Trinajstić information content (AvgIpc) is 2.32. The first-order valence-corrected chi connectivity index (χ1v) is 5.47. The van der Waals surface area contributed by atoms with Crippen LogP contribution in [0.2, 0.25) is 5.02 Å². The highest BCUT2D eigenvalue weighted by Gasteiger charge is 1.99. The Balaban J connectivity index is 2.24. The van der Waals surface area contributed by atoms with Crippen molar-refractivity contribution in [1.29, 1.82) is 0 Å². The highest BCUT2D eigenvalue weighted by Crippen LogP contribution is 2.25. The summed E-state index contributed by atoms with van der Waals surface area (Å²) in [4.78, 5) is 0. The minimum Gasteiger partial charge on any atom is -0.388 e. The number of nitrogens with one attached hydrogen (secondary N) is 2. The number of hydrogen-bond acceptors (Lipinski definition) is 2. The predicted octanol–water partition coefficient (Wildman–Crippen LogP) is 4.13. The Labute approximate surface area is 100 Å². The lowest BCUT2D eigenvalue weighted by atomic mass is 10.2. The summed E-state index contributed by atoms with van der Waals surface area (Å²) in [6.45, 7) is 0. The van der Waals surface area contributed by atoms with E-state index < -0.39 is 0 Å². The highest BCUT2D eigenvalue weighted by molar-refractivity contribution is 6.33. The topological polar surface area (TPSA) is 24.1 Å². The van der Waals surface area contributed by atoms with Gasteiger partial charge in [-0.1, -0.05) is 29.8 Å². The van der Waals surface area contributed by atoms with Crippen LogP contribution >= 0.6 is 11.6 Å². The summed E-state index contributed by atoms with van der Waals surface area (Å²) < 4.78 is 0. The van der Waals surface area contributed by atoms with E-state index in [9.17, 15) is 0 Å². The van der Waals surface area contributed by atoms with Gasteiger partial charge < -0.3 is 10.6 Å². The quantitative estimate of drug-likeness (QED) is 0.832. The highest BCUT2D eigenvalue weighted by atomic mass is 35.5. The van der Waals surface area contributed by atoms with Gasteiger partial charge in [-0.2, -0.15) is 0 Å². The van der Waals surface area contributed by atoms with E-state index in [0.717, 1.165) is 22.1 Å². The SMILES string of the molecule is CNc1cccc(Nc2ccccc2Cl)c1. The first-order chi connectivity index (χ1) is 7.79. The number of benzene rings is 2. The second-order valence-corrected chi connectivity index (χ2v) is 3.84. The van der Waals surface area contributed by atoms with Crippen LogP contribution in [0.15, 0.2) is 48.5 Å². The van der Waals surface area contributed by atoms with Gasteiger partial charge in [0.25, 0.3) is 0 Å². The Bertz CT molecular complexity index is 483. The van der Waals surface area contributed by atoms with Gasteiger partial charge in [-0.15, -0.1) is 0 Å². The molecule has 2 nitrogen and oxygen atoms in total. The minimum atomic E-state index is 0.720. The smallest absolute Gasteiger partial charge is 0.0640 e. The van der Waals surface area contributed by atoms with Crippen molar-refractivity contribution in [1.82, 2.24) is 0 Å². The molecule has 2 N–H and O–H groups in total. The van der Waals surface area contributed by atoms with E-state index in [1.54, 1.807) is 0 Å². The number of halogens is 1. The fourth-order valence-electron chi connectivity index (χ4n) is 1.47. The van der Waals surface area contributed by atoms with Gasteiger partial charge >= 0.3 is 0 Å². The first kappa shape index (κ1) is 10.8. The zero-order valence-corrected chi connectivity index (χ0v) is 9.75. The van der Waals surface area contributed by atoms with Gasteiger partial charge in [0, 0.05) is 18.4 Å². The molecule has 0 aliphatic carbocycles. The van der Waals surface area contributed by atoms with Crippen LogP contribution in [0.1, 0.15) is 0 Å². The molecule has 0 fully saturated rings.